The highest BCUT2D eigenvalue weighted by atomic mass is 35.5. The second-order valence-corrected chi connectivity index (χ2v) is 5.70. The fourth-order valence-electron chi connectivity index (χ4n) is 1.74. The number of carbonyl (C=O) groups is 1. The van der Waals surface area contributed by atoms with Crippen molar-refractivity contribution in [1.82, 2.24) is 10.3 Å². The lowest BCUT2D eigenvalue weighted by molar-refractivity contribution is 0.0949. The van der Waals surface area contributed by atoms with Gasteiger partial charge >= 0.3 is 0 Å². The monoisotopic (exact) mass is 345 g/mol. The first-order chi connectivity index (χ1) is 9.69. The topological polar surface area (TPSA) is 68.0 Å². The first kappa shape index (κ1) is 17.9. The average molecular weight is 346 g/mol. The van der Waals surface area contributed by atoms with Gasteiger partial charge in [0, 0.05) is 23.5 Å². The fraction of sp³-hybridized carbons (Fsp3) is 0.286. The van der Waals surface area contributed by atoms with Gasteiger partial charge in [-0.3, -0.25) is 4.79 Å². The Labute approximate surface area is 139 Å². The molecule has 1 aromatic carbocycles. The van der Waals surface area contributed by atoms with Crippen molar-refractivity contribution in [1.29, 1.82) is 0 Å². The number of aryl methyl sites for hydroxylation is 1. The van der Waals surface area contributed by atoms with Gasteiger partial charge in [-0.1, -0.05) is 23.7 Å². The van der Waals surface area contributed by atoms with Gasteiger partial charge in [0.1, 0.15) is 10.7 Å². The van der Waals surface area contributed by atoms with Gasteiger partial charge in [-0.15, -0.1) is 23.7 Å². The molecule has 0 atom stereocenters. The Morgan fingerprint density at radius 1 is 1.33 bits per heavy atom. The minimum absolute atomic E-state index is 0. The summed E-state index contributed by atoms with van der Waals surface area (Å²) in [6.45, 7) is 0.992. The number of amides is 1. The summed E-state index contributed by atoms with van der Waals surface area (Å²) in [4.78, 5) is 15.9. The molecule has 0 spiro atoms. The number of rotatable bonds is 6. The zero-order chi connectivity index (χ0) is 14.4. The molecule has 0 aliphatic heterocycles. The van der Waals surface area contributed by atoms with Crippen LogP contribution in [-0.4, -0.2) is 17.4 Å². The highest BCUT2D eigenvalue weighted by molar-refractivity contribution is 7.09. The van der Waals surface area contributed by atoms with E-state index in [1.807, 2.05) is 24.3 Å². The maximum Gasteiger partial charge on any atom is 0.270 e. The Kier molecular flexibility index (Phi) is 7.67. The molecule has 1 heterocycles. The van der Waals surface area contributed by atoms with E-state index in [4.69, 9.17) is 17.3 Å². The smallest absolute Gasteiger partial charge is 0.270 e. The Bertz CT molecular complexity index is 572. The molecule has 3 N–H and O–H groups in total. The van der Waals surface area contributed by atoms with Gasteiger partial charge in [0.05, 0.1) is 0 Å². The summed E-state index contributed by atoms with van der Waals surface area (Å²) in [6, 6.07) is 7.74. The van der Waals surface area contributed by atoms with Gasteiger partial charge < -0.3 is 11.1 Å². The molecule has 114 valence electrons. The number of hydrogen-bond acceptors (Lipinski definition) is 4. The third-order valence-electron chi connectivity index (χ3n) is 2.80. The Hall–Kier alpha value is -1.14. The summed E-state index contributed by atoms with van der Waals surface area (Å²) in [5.41, 5.74) is 7.12. The molecular weight excluding hydrogens is 329 g/mol. The number of nitrogens with one attached hydrogen (secondary N) is 1. The van der Waals surface area contributed by atoms with E-state index >= 15 is 0 Å². The Balaban J connectivity index is 0.00000220. The molecule has 0 fully saturated rings. The molecule has 0 radical (unpaired) electrons. The lowest BCUT2D eigenvalue weighted by Gasteiger charge is -2.04. The van der Waals surface area contributed by atoms with E-state index in [1.54, 1.807) is 5.38 Å². The zero-order valence-electron chi connectivity index (χ0n) is 11.3. The molecule has 0 unspecified atom stereocenters. The van der Waals surface area contributed by atoms with E-state index < -0.39 is 0 Å². The van der Waals surface area contributed by atoms with Crippen molar-refractivity contribution in [3.8, 4) is 0 Å². The highest BCUT2D eigenvalue weighted by Gasteiger charge is 2.09. The van der Waals surface area contributed by atoms with Crippen molar-refractivity contribution in [2.75, 3.05) is 6.54 Å². The molecule has 1 aromatic heterocycles. The van der Waals surface area contributed by atoms with Gasteiger partial charge in [0.2, 0.25) is 0 Å². The SMILES string of the molecule is Cl.NCc1nc(C(=O)NCCCc2ccc(Cl)cc2)cs1. The van der Waals surface area contributed by atoms with Crippen molar-refractivity contribution in [3.05, 3.63) is 50.9 Å². The van der Waals surface area contributed by atoms with Gasteiger partial charge in [0.15, 0.2) is 0 Å². The number of nitrogens with two attached hydrogens (primary N) is 1. The Morgan fingerprint density at radius 2 is 2.05 bits per heavy atom. The van der Waals surface area contributed by atoms with Crippen LogP contribution in [0.15, 0.2) is 29.6 Å². The summed E-state index contributed by atoms with van der Waals surface area (Å²) in [6.07, 6.45) is 1.78. The molecule has 2 rings (SSSR count). The van der Waals surface area contributed by atoms with Crippen LogP contribution in [0.5, 0.6) is 0 Å². The van der Waals surface area contributed by atoms with E-state index in [1.165, 1.54) is 16.9 Å². The standard InChI is InChI=1S/C14H16ClN3OS.ClH/c15-11-5-3-10(4-6-11)2-1-7-17-14(19)12-9-20-13(8-16)18-12;/h3-6,9H,1-2,7-8,16H2,(H,17,19);1H. The molecule has 0 aliphatic carbocycles. The van der Waals surface area contributed by atoms with Crippen LogP contribution in [0.2, 0.25) is 5.02 Å². The minimum atomic E-state index is -0.142. The quantitative estimate of drug-likeness (QED) is 0.790. The van der Waals surface area contributed by atoms with Crippen LogP contribution in [-0.2, 0) is 13.0 Å². The lowest BCUT2D eigenvalue weighted by Crippen LogP contribution is -2.25. The van der Waals surface area contributed by atoms with Crippen LogP contribution < -0.4 is 11.1 Å². The van der Waals surface area contributed by atoms with Crippen LogP contribution in [0.25, 0.3) is 0 Å². The fourth-order valence-corrected chi connectivity index (χ4v) is 2.53. The predicted octanol–water partition coefficient (Wildman–Crippen LogP) is 3.04. The molecule has 0 saturated carbocycles. The molecular formula is C14H17Cl2N3OS. The first-order valence-corrected chi connectivity index (χ1v) is 7.62. The van der Waals surface area contributed by atoms with Gasteiger partial charge in [-0.25, -0.2) is 4.98 Å². The normalized spacial score (nSPS) is 10.0. The molecule has 0 bridgehead atoms. The van der Waals surface area contributed by atoms with E-state index in [0.29, 0.717) is 18.8 Å². The van der Waals surface area contributed by atoms with Crippen molar-refractivity contribution < 1.29 is 4.79 Å². The summed E-state index contributed by atoms with van der Waals surface area (Å²) in [5, 5.41) is 6.10. The summed E-state index contributed by atoms with van der Waals surface area (Å²) >= 11 is 7.23. The van der Waals surface area contributed by atoms with Gasteiger partial charge in [-0.2, -0.15) is 0 Å². The van der Waals surface area contributed by atoms with Crippen LogP contribution in [0.3, 0.4) is 0 Å². The summed E-state index contributed by atoms with van der Waals surface area (Å²) < 4.78 is 0. The van der Waals surface area contributed by atoms with Crippen molar-refractivity contribution in [2.45, 2.75) is 19.4 Å². The largest absolute Gasteiger partial charge is 0.351 e. The highest BCUT2D eigenvalue weighted by Crippen LogP contribution is 2.11. The molecule has 21 heavy (non-hydrogen) atoms. The van der Waals surface area contributed by atoms with Crippen molar-refractivity contribution in [2.24, 2.45) is 5.73 Å². The molecule has 2 aromatic rings. The first-order valence-electron chi connectivity index (χ1n) is 6.36. The zero-order valence-corrected chi connectivity index (χ0v) is 13.7. The summed E-state index contributed by atoms with van der Waals surface area (Å²) in [5.74, 6) is -0.142. The number of aromatic nitrogens is 1. The summed E-state index contributed by atoms with van der Waals surface area (Å²) in [7, 11) is 0. The van der Waals surface area contributed by atoms with E-state index in [9.17, 15) is 4.79 Å². The molecule has 4 nitrogen and oxygen atoms in total. The molecule has 7 heteroatoms. The molecule has 1 amide bonds. The van der Waals surface area contributed by atoms with Crippen LogP contribution in [0.4, 0.5) is 0 Å². The van der Waals surface area contributed by atoms with E-state index in [2.05, 4.69) is 10.3 Å². The van der Waals surface area contributed by atoms with Crippen molar-refractivity contribution >= 4 is 41.3 Å². The number of nitrogens with zero attached hydrogens (tertiary/aromatic N) is 1. The second-order valence-electron chi connectivity index (χ2n) is 4.32. The number of halogens is 2. The van der Waals surface area contributed by atoms with Crippen LogP contribution in [0.1, 0.15) is 27.5 Å². The molecule has 0 aliphatic rings. The number of benzene rings is 1. The third kappa shape index (κ3) is 5.63. The van der Waals surface area contributed by atoms with Gasteiger partial charge in [-0.05, 0) is 30.5 Å². The second kappa shape index (κ2) is 9.00. The minimum Gasteiger partial charge on any atom is -0.351 e. The maximum absolute atomic E-state index is 11.8. The van der Waals surface area contributed by atoms with Crippen molar-refractivity contribution in [3.63, 3.8) is 0 Å². The average Bonchev–Trinajstić information content (AvgIpc) is 2.94. The van der Waals surface area contributed by atoms with Crippen LogP contribution in [0, 0.1) is 0 Å². The lowest BCUT2D eigenvalue weighted by atomic mass is 10.1. The van der Waals surface area contributed by atoms with E-state index in [-0.39, 0.29) is 18.3 Å². The van der Waals surface area contributed by atoms with E-state index in [0.717, 1.165) is 22.9 Å². The number of thiazole rings is 1. The molecule has 0 saturated heterocycles. The predicted molar refractivity (Wildman–Crippen MR) is 89.4 cm³/mol. The third-order valence-corrected chi connectivity index (χ3v) is 3.92. The maximum atomic E-state index is 11.8. The van der Waals surface area contributed by atoms with Crippen LogP contribution >= 0.6 is 35.3 Å². The number of hydrogen-bond donors (Lipinski definition) is 2. The number of carbonyl (C=O) groups excluding carboxylic acids is 1. The Morgan fingerprint density at radius 3 is 2.67 bits per heavy atom. The van der Waals surface area contributed by atoms with Gasteiger partial charge in [0.25, 0.3) is 5.91 Å².